The van der Waals surface area contributed by atoms with E-state index in [1.807, 2.05) is 67.6 Å². The van der Waals surface area contributed by atoms with Gasteiger partial charge in [-0.2, -0.15) is 4.98 Å². The lowest BCUT2D eigenvalue weighted by Crippen LogP contribution is -2.31. The van der Waals surface area contributed by atoms with Crippen LogP contribution in [0.4, 0.5) is 11.6 Å². The summed E-state index contributed by atoms with van der Waals surface area (Å²) in [6.45, 7) is 1.87. The Hall–Kier alpha value is -4.62. The highest BCUT2D eigenvalue weighted by atomic mass is 35.5. The van der Waals surface area contributed by atoms with Gasteiger partial charge in [0.15, 0.2) is 5.82 Å². The Morgan fingerprint density at radius 1 is 0.974 bits per heavy atom. The summed E-state index contributed by atoms with van der Waals surface area (Å²) >= 11 is 6.21. The van der Waals surface area contributed by atoms with Gasteiger partial charge in [-0.25, -0.2) is 4.68 Å². The number of allylic oxidation sites excluding steroid dienone is 1. The van der Waals surface area contributed by atoms with Crippen molar-refractivity contribution >= 4 is 39.9 Å². The number of aromatic nitrogens is 3. The molecule has 7 nitrogen and oxygen atoms in total. The van der Waals surface area contributed by atoms with Crippen LogP contribution in [0.2, 0.25) is 5.02 Å². The highest BCUT2D eigenvalue weighted by Gasteiger charge is 2.35. The SMILES string of the molecule is COc1ccccc1NC(=O)C1=C(C)Nc2nc(-c3cccc4ccccc34)nn2C1c1ccc(Cl)cc1. The van der Waals surface area contributed by atoms with Crippen LogP contribution in [-0.2, 0) is 4.79 Å². The summed E-state index contributed by atoms with van der Waals surface area (Å²) in [5.41, 5.74) is 3.55. The number of methoxy groups -OCH3 is 1. The largest absolute Gasteiger partial charge is 0.495 e. The number of fused-ring (bicyclic) bond motifs is 2. The number of nitrogens with one attached hydrogen (secondary N) is 2. The highest BCUT2D eigenvalue weighted by molar-refractivity contribution is 6.30. The zero-order valence-electron chi connectivity index (χ0n) is 20.8. The predicted octanol–water partition coefficient (Wildman–Crippen LogP) is 6.69. The van der Waals surface area contributed by atoms with E-state index in [2.05, 4.69) is 28.8 Å². The third-order valence-electron chi connectivity index (χ3n) is 6.67. The molecule has 0 spiro atoms. The lowest BCUT2D eigenvalue weighted by Gasteiger charge is -2.28. The molecule has 1 unspecified atom stereocenters. The third-order valence-corrected chi connectivity index (χ3v) is 6.92. The maximum absolute atomic E-state index is 13.8. The lowest BCUT2D eigenvalue weighted by molar-refractivity contribution is -0.113. The van der Waals surface area contributed by atoms with Gasteiger partial charge in [-0.05, 0) is 47.5 Å². The van der Waals surface area contributed by atoms with Crippen LogP contribution in [0.15, 0.2) is 102 Å². The first kappa shape index (κ1) is 23.8. The van der Waals surface area contributed by atoms with Crippen molar-refractivity contribution in [1.29, 1.82) is 0 Å². The van der Waals surface area contributed by atoms with Crippen LogP contribution in [0.5, 0.6) is 5.75 Å². The van der Waals surface area contributed by atoms with Gasteiger partial charge >= 0.3 is 0 Å². The molecular weight excluding hydrogens is 498 g/mol. The predicted molar refractivity (Wildman–Crippen MR) is 151 cm³/mol. The summed E-state index contributed by atoms with van der Waals surface area (Å²) in [5, 5.41) is 14.0. The number of halogens is 1. The number of benzene rings is 4. The van der Waals surface area contributed by atoms with Gasteiger partial charge in [0.25, 0.3) is 5.91 Å². The molecule has 5 aromatic rings. The van der Waals surface area contributed by atoms with Gasteiger partial charge in [0.05, 0.1) is 18.4 Å². The zero-order valence-corrected chi connectivity index (χ0v) is 21.5. The van der Waals surface area contributed by atoms with Crippen molar-refractivity contribution in [3.05, 3.63) is 113 Å². The molecule has 2 N–H and O–H groups in total. The van der Waals surface area contributed by atoms with Crippen LogP contribution in [0, 0.1) is 0 Å². The average Bonchev–Trinajstić information content (AvgIpc) is 3.36. The Bertz CT molecular complexity index is 1700. The van der Waals surface area contributed by atoms with Gasteiger partial charge in [0.2, 0.25) is 5.95 Å². The Labute approximate surface area is 224 Å². The van der Waals surface area contributed by atoms with Crippen molar-refractivity contribution in [3.63, 3.8) is 0 Å². The van der Waals surface area contributed by atoms with E-state index in [0.29, 0.717) is 39.5 Å². The second-order valence-corrected chi connectivity index (χ2v) is 9.44. The number of hydrogen-bond donors (Lipinski definition) is 2. The summed E-state index contributed by atoms with van der Waals surface area (Å²) in [6.07, 6.45) is 0. The minimum atomic E-state index is -0.533. The number of carbonyl (C=O) groups is 1. The standard InChI is InChI=1S/C30H24ClN5O2/c1-18-26(29(37)33-24-12-5-6-13-25(24)38-2)27(20-14-16-21(31)17-15-20)36-30(32-18)34-28(35-36)23-11-7-9-19-8-3-4-10-22(19)23/h3-17,27H,1-2H3,(H,33,37)(H,32,34,35). The molecule has 1 aliphatic rings. The molecule has 188 valence electrons. The van der Waals surface area contributed by atoms with Crippen molar-refractivity contribution in [2.75, 3.05) is 17.7 Å². The maximum atomic E-state index is 13.8. The molecule has 38 heavy (non-hydrogen) atoms. The molecule has 0 saturated carbocycles. The molecule has 0 radical (unpaired) electrons. The first-order valence-corrected chi connectivity index (χ1v) is 12.5. The fraction of sp³-hybridized carbons (Fsp3) is 0.100. The Balaban J connectivity index is 1.47. The van der Waals surface area contributed by atoms with Gasteiger partial charge in [-0.15, -0.1) is 5.10 Å². The van der Waals surface area contributed by atoms with Crippen LogP contribution < -0.4 is 15.4 Å². The lowest BCUT2D eigenvalue weighted by atomic mass is 9.95. The fourth-order valence-corrected chi connectivity index (χ4v) is 5.00. The molecule has 6 rings (SSSR count). The molecule has 2 heterocycles. The first-order chi connectivity index (χ1) is 18.5. The smallest absolute Gasteiger partial charge is 0.255 e. The molecule has 1 aliphatic heterocycles. The maximum Gasteiger partial charge on any atom is 0.255 e. The molecule has 1 amide bonds. The van der Waals surface area contributed by atoms with Crippen molar-refractivity contribution < 1.29 is 9.53 Å². The van der Waals surface area contributed by atoms with Crippen LogP contribution in [0.25, 0.3) is 22.2 Å². The van der Waals surface area contributed by atoms with E-state index in [-0.39, 0.29) is 5.91 Å². The van der Waals surface area contributed by atoms with Crippen molar-refractivity contribution in [3.8, 4) is 17.1 Å². The molecule has 8 heteroatoms. The number of para-hydroxylation sites is 2. The van der Waals surface area contributed by atoms with E-state index in [4.69, 9.17) is 26.4 Å². The van der Waals surface area contributed by atoms with Gasteiger partial charge in [0, 0.05) is 16.3 Å². The van der Waals surface area contributed by atoms with Crippen molar-refractivity contribution in [2.45, 2.75) is 13.0 Å². The summed E-state index contributed by atoms with van der Waals surface area (Å²) in [6, 6.07) is 28.4. The van der Waals surface area contributed by atoms with Crippen LogP contribution in [0.3, 0.4) is 0 Å². The number of hydrogen-bond acceptors (Lipinski definition) is 5. The van der Waals surface area contributed by atoms with E-state index in [1.165, 1.54) is 0 Å². The molecule has 0 bridgehead atoms. The molecule has 0 saturated heterocycles. The Kier molecular flexibility index (Phi) is 6.05. The van der Waals surface area contributed by atoms with Gasteiger partial charge in [-0.3, -0.25) is 4.79 Å². The Morgan fingerprint density at radius 3 is 2.53 bits per heavy atom. The summed E-state index contributed by atoms with van der Waals surface area (Å²) in [7, 11) is 1.57. The monoisotopic (exact) mass is 521 g/mol. The average molecular weight is 522 g/mol. The molecule has 0 fully saturated rings. The highest BCUT2D eigenvalue weighted by Crippen LogP contribution is 2.38. The topological polar surface area (TPSA) is 81.1 Å². The number of nitrogens with zero attached hydrogens (tertiary/aromatic N) is 3. The number of ether oxygens (including phenoxy) is 1. The van der Waals surface area contributed by atoms with Gasteiger partial charge in [-0.1, -0.05) is 78.3 Å². The van der Waals surface area contributed by atoms with Crippen LogP contribution in [-0.4, -0.2) is 27.8 Å². The normalized spacial score (nSPS) is 14.7. The molecular formula is C30H24ClN5O2. The third kappa shape index (κ3) is 4.17. The summed E-state index contributed by atoms with van der Waals surface area (Å²) in [5.74, 6) is 1.43. The first-order valence-electron chi connectivity index (χ1n) is 12.2. The van der Waals surface area contributed by atoms with Crippen molar-refractivity contribution in [1.82, 2.24) is 14.8 Å². The van der Waals surface area contributed by atoms with E-state index in [1.54, 1.807) is 23.9 Å². The fourth-order valence-electron chi connectivity index (χ4n) is 4.87. The quantitative estimate of drug-likeness (QED) is 0.269. The van der Waals surface area contributed by atoms with Crippen LogP contribution in [0.1, 0.15) is 18.5 Å². The van der Waals surface area contributed by atoms with E-state index < -0.39 is 6.04 Å². The second kappa shape index (κ2) is 9.68. The minimum absolute atomic E-state index is 0.271. The van der Waals surface area contributed by atoms with E-state index in [0.717, 1.165) is 21.9 Å². The van der Waals surface area contributed by atoms with E-state index in [9.17, 15) is 4.79 Å². The van der Waals surface area contributed by atoms with Gasteiger partial charge in [0.1, 0.15) is 11.8 Å². The summed E-state index contributed by atoms with van der Waals surface area (Å²) < 4.78 is 7.21. The number of rotatable bonds is 5. The molecule has 0 aliphatic carbocycles. The van der Waals surface area contributed by atoms with Crippen molar-refractivity contribution in [2.24, 2.45) is 0 Å². The number of carbonyl (C=O) groups excluding carboxylic acids is 1. The number of amides is 1. The zero-order chi connectivity index (χ0) is 26.2. The Morgan fingerprint density at radius 2 is 1.71 bits per heavy atom. The molecule has 4 aromatic carbocycles. The second-order valence-electron chi connectivity index (χ2n) is 9.00. The van der Waals surface area contributed by atoms with Gasteiger partial charge < -0.3 is 15.4 Å². The van der Waals surface area contributed by atoms with E-state index >= 15 is 0 Å². The summed E-state index contributed by atoms with van der Waals surface area (Å²) in [4.78, 5) is 18.7. The molecule has 1 aromatic heterocycles. The number of anilines is 2. The minimum Gasteiger partial charge on any atom is -0.495 e. The molecule has 1 atom stereocenters. The van der Waals surface area contributed by atoms with Crippen LogP contribution >= 0.6 is 11.6 Å².